The van der Waals surface area contributed by atoms with Crippen LogP contribution in [-0.4, -0.2) is 9.97 Å². The van der Waals surface area contributed by atoms with Gasteiger partial charge in [-0.05, 0) is 127 Å². The molecule has 8 aromatic carbocycles. The van der Waals surface area contributed by atoms with E-state index in [9.17, 15) is 0 Å². The number of hydrogen-bond acceptors (Lipinski definition) is 2. The van der Waals surface area contributed by atoms with Gasteiger partial charge < -0.3 is 0 Å². The molecule has 0 fully saturated rings. The van der Waals surface area contributed by atoms with E-state index in [1.54, 1.807) is 0 Å². The lowest BCUT2D eigenvalue weighted by Gasteiger charge is -2.19. The summed E-state index contributed by atoms with van der Waals surface area (Å²) in [4.78, 5) is 10.2. The molecule has 2 aromatic heterocycles. The van der Waals surface area contributed by atoms with E-state index in [0.29, 0.717) is 0 Å². The van der Waals surface area contributed by atoms with Crippen LogP contribution in [0, 0.1) is 13.8 Å². The summed E-state index contributed by atoms with van der Waals surface area (Å²) >= 11 is 0. The van der Waals surface area contributed by atoms with E-state index in [-0.39, 0.29) is 0 Å². The molecule has 0 saturated carbocycles. The summed E-state index contributed by atoms with van der Waals surface area (Å²) in [6.07, 6.45) is 1.88. The summed E-state index contributed by atoms with van der Waals surface area (Å²) in [5, 5.41) is 9.85. The van der Waals surface area contributed by atoms with E-state index in [2.05, 4.69) is 184 Å². The molecule has 2 heterocycles. The third-order valence-electron chi connectivity index (χ3n) is 10.9. The van der Waals surface area contributed by atoms with Crippen molar-refractivity contribution in [1.29, 1.82) is 0 Å². The third kappa shape index (κ3) is 5.35. The number of aryl methyl sites for hydroxylation is 2. The van der Waals surface area contributed by atoms with Crippen molar-refractivity contribution in [2.45, 2.75) is 13.8 Å². The van der Waals surface area contributed by atoms with Gasteiger partial charge in [-0.2, -0.15) is 0 Å². The van der Waals surface area contributed by atoms with Crippen LogP contribution in [0.1, 0.15) is 11.1 Å². The highest BCUT2D eigenvalue weighted by Gasteiger charge is 2.19. The molecule has 0 bridgehead atoms. The van der Waals surface area contributed by atoms with Crippen LogP contribution >= 0.6 is 0 Å². The van der Waals surface area contributed by atoms with Crippen molar-refractivity contribution in [3.8, 4) is 56.0 Å². The quantitative estimate of drug-likeness (QED) is 0.168. The fourth-order valence-electron chi connectivity index (χ4n) is 8.34. The van der Waals surface area contributed by atoms with Gasteiger partial charge in [-0.3, -0.25) is 4.98 Å². The molecule has 0 N–H and O–H groups in total. The number of aromatic nitrogens is 2. The summed E-state index contributed by atoms with van der Waals surface area (Å²) in [7, 11) is 0. The molecule has 0 amide bonds. The molecule has 254 valence electrons. The maximum atomic E-state index is 5.37. The lowest BCUT2D eigenvalue weighted by molar-refractivity contribution is 1.25. The normalized spacial score (nSPS) is 11.5. The molecule has 2 heteroatoms. The van der Waals surface area contributed by atoms with Crippen LogP contribution in [0.4, 0.5) is 0 Å². The van der Waals surface area contributed by atoms with E-state index in [1.165, 1.54) is 70.9 Å². The Morgan fingerprint density at radius 1 is 0.352 bits per heavy atom. The lowest BCUT2D eigenvalue weighted by atomic mass is 9.84. The fourth-order valence-corrected chi connectivity index (χ4v) is 8.34. The van der Waals surface area contributed by atoms with Gasteiger partial charge in [0.1, 0.15) is 0 Å². The highest BCUT2D eigenvalue weighted by Crippen LogP contribution is 2.46. The Bertz CT molecular complexity index is 3080. The van der Waals surface area contributed by atoms with Gasteiger partial charge in [-0.1, -0.05) is 140 Å². The molecule has 0 saturated heterocycles. The molecule has 0 spiro atoms. The summed E-state index contributed by atoms with van der Waals surface area (Å²) in [5.74, 6) is 0. The highest BCUT2D eigenvalue weighted by atomic mass is 14.7. The van der Waals surface area contributed by atoms with Gasteiger partial charge in [0.15, 0.2) is 0 Å². The van der Waals surface area contributed by atoms with Crippen molar-refractivity contribution in [3.63, 3.8) is 0 Å². The van der Waals surface area contributed by atoms with Gasteiger partial charge in [-0.25, -0.2) is 4.98 Å². The molecule has 0 aliphatic heterocycles. The van der Waals surface area contributed by atoms with Gasteiger partial charge in [0.25, 0.3) is 0 Å². The Balaban J connectivity index is 1.23. The Kier molecular flexibility index (Phi) is 7.63. The molecule has 10 aromatic rings. The average Bonchev–Trinajstić information content (AvgIpc) is 3.22. The van der Waals surface area contributed by atoms with Crippen LogP contribution in [0.25, 0.3) is 99.1 Å². The number of fused-ring (bicyclic) bond motifs is 4. The number of nitrogens with zero attached hydrogens (tertiary/aromatic N) is 2. The lowest BCUT2D eigenvalue weighted by Crippen LogP contribution is -1.96. The third-order valence-corrected chi connectivity index (χ3v) is 10.9. The second kappa shape index (κ2) is 12.9. The molecular formula is C52H36N2. The summed E-state index contributed by atoms with van der Waals surface area (Å²) in [5.41, 5.74) is 13.4. The largest absolute Gasteiger partial charge is 0.256 e. The standard InChI is InChI=1S/C52H36N2/c1-33-12-9-20-45(49(33)52-34(2)13-11-29-53-52)48-22-10-21-47(54-48)39-27-28-44-46(32-39)51(41-26-24-36-15-4-6-17-38(36)31-41)43-19-8-7-18-42(43)50(44)40-25-23-35-14-3-5-16-37(35)30-40/h3-32H,1-2H3. The monoisotopic (exact) mass is 688 g/mol. The zero-order valence-electron chi connectivity index (χ0n) is 30.2. The SMILES string of the molecule is Cc1cccnc1-c1c(C)cccc1-c1cccc(-c2ccc3c(-c4ccc5ccccc5c4)c4ccccc4c(-c4ccc5ccccc5c4)c3c2)n1. The first-order valence-corrected chi connectivity index (χ1v) is 18.6. The van der Waals surface area contributed by atoms with Gasteiger partial charge in [0.2, 0.25) is 0 Å². The van der Waals surface area contributed by atoms with Crippen LogP contribution in [0.2, 0.25) is 0 Å². The fraction of sp³-hybridized carbons (Fsp3) is 0.0385. The summed E-state index contributed by atoms with van der Waals surface area (Å²) < 4.78 is 0. The first-order chi connectivity index (χ1) is 26.6. The summed E-state index contributed by atoms with van der Waals surface area (Å²) in [6, 6.07) is 63.8. The molecule has 0 aliphatic carbocycles. The van der Waals surface area contributed by atoms with Crippen molar-refractivity contribution >= 4 is 43.1 Å². The highest BCUT2D eigenvalue weighted by molar-refractivity contribution is 6.22. The molecular weight excluding hydrogens is 653 g/mol. The number of pyridine rings is 2. The van der Waals surface area contributed by atoms with E-state index >= 15 is 0 Å². The number of rotatable bonds is 5. The zero-order chi connectivity index (χ0) is 36.2. The van der Waals surface area contributed by atoms with Crippen molar-refractivity contribution in [3.05, 3.63) is 193 Å². The van der Waals surface area contributed by atoms with Crippen LogP contribution in [0.15, 0.2) is 182 Å². The second-order valence-electron chi connectivity index (χ2n) is 14.3. The predicted octanol–water partition coefficient (Wildman–Crippen LogP) is 14.0. The van der Waals surface area contributed by atoms with Gasteiger partial charge in [0.05, 0.1) is 17.1 Å². The number of benzene rings is 8. The van der Waals surface area contributed by atoms with Gasteiger partial charge >= 0.3 is 0 Å². The van der Waals surface area contributed by atoms with E-state index in [1.807, 2.05) is 12.3 Å². The first-order valence-electron chi connectivity index (χ1n) is 18.6. The maximum Gasteiger partial charge on any atom is 0.0740 e. The minimum atomic E-state index is 0.932. The van der Waals surface area contributed by atoms with Crippen molar-refractivity contribution in [2.24, 2.45) is 0 Å². The molecule has 10 rings (SSSR count). The molecule has 0 atom stereocenters. The first kappa shape index (κ1) is 31.8. The van der Waals surface area contributed by atoms with E-state index in [0.717, 1.165) is 39.3 Å². The molecule has 0 unspecified atom stereocenters. The topological polar surface area (TPSA) is 25.8 Å². The van der Waals surface area contributed by atoms with Crippen LogP contribution < -0.4 is 0 Å². The average molecular weight is 689 g/mol. The molecule has 2 nitrogen and oxygen atoms in total. The van der Waals surface area contributed by atoms with Crippen LogP contribution in [0.5, 0.6) is 0 Å². The Hall–Kier alpha value is -6.90. The molecule has 0 aliphatic rings. The van der Waals surface area contributed by atoms with Crippen molar-refractivity contribution in [1.82, 2.24) is 9.97 Å². The molecule has 0 radical (unpaired) electrons. The van der Waals surface area contributed by atoms with E-state index in [4.69, 9.17) is 9.97 Å². The Morgan fingerprint density at radius 2 is 0.907 bits per heavy atom. The van der Waals surface area contributed by atoms with E-state index < -0.39 is 0 Å². The van der Waals surface area contributed by atoms with Crippen molar-refractivity contribution < 1.29 is 0 Å². The molecule has 54 heavy (non-hydrogen) atoms. The predicted molar refractivity (Wildman–Crippen MR) is 229 cm³/mol. The van der Waals surface area contributed by atoms with Crippen molar-refractivity contribution in [2.75, 3.05) is 0 Å². The second-order valence-corrected chi connectivity index (χ2v) is 14.3. The van der Waals surface area contributed by atoms with Gasteiger partial charge in [0, 0.05) is 22.9 Å². The van der Waals surface area contributed by atoms with Crippen LogP contribution in [-0.2, 0) is 0 Å². The smallest absolute Gasteiger partial charge is 0.0740 e. The van der Waals surface area contributed by atoms with Gasteiger partial charge in [-0.15, -0.1) is 0 Å². The number of hydrogen-bond donors (Lipinski definition) is 0. The van der Waals surface area contributed by atoms with Crippen LogP contribution in [0.3, 0.4) is 0 Å². The minimum absolute atomic E-state index is 0.932. The Labute approximate surface area is 315 Å². The summed E-state index contributed by atoms with van der Waals surface area (Å²) in [6.45, 7) is 4.28. The maximum absolute atomic E-state index is 5.37. The Morgan fingerprint density at radius 3 is 1.59 bits per heavy atom. The zero-order valence-corrected chi connectivity index (χ0v) is 30.2. The minimum Gasteiger partial charge on any atom is -0.256 e.